The van der Waals surface area contributed by atoms with Crippen LogP contribution in [0.5, 0.6) is 0 Å². The van der Waals surface area contributed by atoms with Gasteiger partial charge in [-0.3, -0.25) is 4.79 Å². The highest BCUT2D eigenvalue weighted by atomic mass is 16.3. The van der Waals surface area contributed by atoms with Crippen molar-refractivity contribution in [2.45, 2.75) is 83.8 Å². The predicted octanol–water partition coefficient (Wildman–Crippen LogP) is 3.26. The van der Waals surface area contributed by atoms with Crippen molar-refractivity contribution in [3.63, 3.8) is 0 Å². The van der Waals surface area contributed by atoms with Crippen molar-refractivity contribution in [2.75, 3.05) is 0 Å². The Balaban J connectivity index is 1.93. The molecule has 20 heavy (non-hydrogen) atoms. The molecule has 3 atom stereocenters. The smallest absolute Gasteiger partial charge is 0.223 e. The maximum absolute atomic E-state index is 12.5. The van der Waals surface area contributed by atoms with Crippen molar-refractivity contribution in [1.29, 1.82) is 0 Å². The number of hydrogen-bond donors (Lipinski definition) is 2. The molecule has 2 aliphatic carbocycles. The number of hydrogen-bond acceptors (Lipinski definition) is 2. The third kappa shape index (κ3) is 3.36. The second-order valence-corrected chi connectivity index (χ2v) is 7.99. The van der Waals surface area contributed by atoms with Gasteiger partial charge in [-0.2, -0.15) is 0 Å². The van der Waals surface area contributed by atoms with E-state index in [2.05, 4.69) is 5.32 Å². The van der Waals surface area contributed by atoms with Crippen LogP contribution in [-0.2, 0) is 4.79 Å². The molecule has 0 aromatic rings. The first-order valence-corrected chi connectivity index (χ1v) is 8.25. The van der Waals surface area contributed by atoms with E-state index in [0.29, 0.717) is 0 Å². The van der Waals surface area contributed by atoms with Crippen molar-refractivity contribution in [3.05, 3.63) is 0 Å². The summed E-state index contributed by atoms with van der Waals surface area (Å²) < 4.78 is 0. The third-order valence-corrected chi connectivity index (χ3v) is 5.88. The van der Waals surface area contributed by atoms with Crippen LogP contribution in [0.1, 0.15) is 72.6 Å². The molecule has 0 aromatic heterocycles. The maximum atomic E-state index is 12.5. The van der Waals surface area contributed by atoms with Gasteiger partial charge in [0.05, 0.1) is 11.1 Å². The highest BCUT2D eigenvalue weighted by Gasteiger charge is 2.40. The van der Waals surface area contributed by atoms with Crippen molar-refractivity contribution in [2.24, 2.45) is 17.8 Å². The minimum Gasteiger partial charge on any atom is -0.388 e. The van der Waals surface area contributed by atoms with Gasteiger partial charge in [-0.05, 0) is 58.8 Å². The van der Waals surface area contributed by atoms with Crippen LogP contribution in [-0.4, -0.2) is 22.2 Å². The Morgan fingerprint density at radius 2 is 1.60 bits per heavy atom. The Morgan fingerprint density at radius 3 is 2.20 bits per heavy atom. The second kappa shape index (κ2) is 5.67. The van der Waals surface area contributed by atoms with Gasteiger partial charge < -0.3 is 10.4 Å². The lowest BCUT2D eigenvalue weighted by Gasteiger charge is -2.42. The standard InChI is InChI=1S/C17H31NO2/c1-16(2,17(3,4)20)18-15(19)14-10-9-12-7-5-6-8-13(12)11-14/h12-14,20H,5-11H2,1-4H3,(H,18,19). The number of nitrogens with one attached hydrogen (secondary N) is 1. The molecule has 0 saturated heterocycles. The Labute approximate surface area is 123 Å². The highest BCUT2D eigenvalue weighted by Crippen LogP contribution is 2.42. The molecule has 0 bridgehead atoms. The van der Waals surface area contributed by atoms with Gasteiger partial charge in [-0.15, -0.1) is 0 Å². The zero-order chi connectivity index (χ0) is 15.0. The van der Waals surface area contributed by atoms with E-state index in [1.54, 1.807) is 13.8 Å². The summed E-state index contributed by atoms with van der Waals surface area (Å²) >= 11 is 0. The fourth-order valence-corrected chi connectivity index (χ4v) is 3.67. The van der Waals surface area contributed by atoms with E-state index in [0.717, 1.165) is 24.7 Å². The second-order valence-electron chi connectivity index (χ2n) is 7.99. The maximum Gasteiger partial charge on any atom is 0.223 e. The number of aliphatic hydroxyl groups is 1. The first-order chi connectivity index (χ1) is 9.21. The summed E-state index contributed by atoms with van der Waals surface area (Å²) in [4.78, 5) is 12.5. The van der Waals surface area contributed by atoms with E-state index in [9.17, 15) is 9.90 Å². The largest absolute Gasteiger partial charge is 0.388 e. The van der Waals surface area contributed by atoms with Crippen LogP contribution in [0.15, 0.2) is 0 Å². The third-order valence-electron chi connectivity index (χ3n) is 5.88. The molecule has 1 amide bonds. The summed E-state index contributed by atoms with van der Waals surface area (Å²) in [5, 5.41) is 13.2. The molecule has 2 saturated carbocycles. The Kier molecular flexibility index (Phi) is 4.48. The fourth-order valence-electron chi connectivity index (χ4n) is 3.67. The van der Waals surface area contributed by atoms with Crippen molar-refractivity contribution >= 4 is 5.91 Å². The van der Waals surface area contributed by atoms with Crippen LogP contribution in [0.4, 0.5) is 0 Å². The molecule has 0 radical (unpaired) electrons. The van der Waals surface area contributed by atoms with E-state index in [4.69, 9.17) is 0 Å². The lowest BCUT2D eigenvalue weighted by atomic mass is 9.67. The van der Waals surface area contributed by atoms with Gasteiger partial charge in [-0.1, -0.05) is 25.7 Å². The summed E-state index contributed by atoms with van der Waals surface area (Å²) in [6.07, 6.45) is 8.69. The molecule has 3 heteroatoms. The topological polar surface area (TPSA) is 49.3 Å². The first-order valence-electron chi connectivity index (χ1n) is 8.25. The normalized spacial score (nSPS) is 31.6. The lowest BCUT2D eigenvalue weighted by Crippen LogP contribution is -2.59. The van der Waals surface area contributed by atoms with Gasteiger partial charge in [0.2, 0.25) is 5.91 Å². The van der Waals surface area contributed by atoms with Crippen LogP contribution >= 0.6 is 0 Å². The monoisotopic (exact) mass is 281 g/mol. The van der Waals surface area contributed by atoms with Crippen LogP contribution in [0, 0.1) is 17.8 Å². The fraction of sp³-hybridized carbons (Fsp3) is 0.941. The molecule has 2 N–H and O–H groups in total. The van der Waals surface area contributed by atoms with E-state index in [-0.39, 0.29) is 11.8 Å². The van der Waals surface area contributed by atoms with Crippen LogP contribution in [0.2, 0.25) is 0 Å². The average molecular weight is 281 g/mol. The van der Waals surface area contributed by atoms with Crippen LogP contribution < -0.4 is 5.32 Å². The number of fused-ring (bicyclic) bond motifs is 1. The molecule has 0 spiro atoms. The van der Waals surface area contributed by atoms with Gasteiger partial charge in [0, 0.05) is 5.92 Å². The number of carbonyl (C=O) groups is 1. The SMILES string of the molecule is CC(C)(O)C(C)(C)NC(=O)C1CCC2CCCCC2C1. The minimum absolute atomic E-state index is 0.140. The summed E-state index contributed by atoms with van der Waals surface area (Å²) in [7, 11) is 0. The summed E-state index contributed by atoms with van der Waals surface area (Å²) in [5.41, 5.74) is -1.50. The van der Waals surface area contributed by atoms with Gasteiger partial charge in [0.15, 0.2) is 0 Å². The predicted molar refractivity (Wildman–Crippen MR) is 81.3 cm³/mol. The zero-order valence-electron chi connectivity index (χ0n) is 13.5. The molecule has 116 valence electrons. The highest BCUT2D eigenvalue weighted by molar-refractivity contribution is 5.79. The molecule has 3 unspecified atom stereocenters. The minimum atomic E-state index is -0.912. The quantitative estimate of drug-likeness (QED) is 0.834. The van der Waals surface area contributed by atoms with Gasteiger partial charge in [0.1, 0.15) is 0 Å². The summed E-state index contributed by atoms with van der Waals surface area (Å²) in [5.74, 6) is 1.92. The number of amides is 1. The first kappa shape index (κ1) is 15.8. The molecule has 0 aromatic carbocycles. The van der Waals surface area contributed by atoms with E-state index in [1.165, 1.54) is 32.1 Å². The molecular formula is C17H31NO2. The van der Waals surface area contributed by atoms with Crippen molar-refractivity contribution in [3.8, 4) is 0 Å². The summed E-state index contributed by atoms with van der Waals surface area (Å²) in [6.45, 7) is 7.31. The van der Waals surface area contributed by atoms with Gasteiger partial charge >= 0.3 is 0 Å². The number of rotatable bonds is 3. The van der Waals surface area contributed by atoms with Gasteiger partial charge in [0.25, 0.3) is 0 Å². The van der Waals surface area contributed by atoms with E-state index < -0.39 is 11.1 Å². The lowest BCUT2D eigenvalue weighted by molar-refractivity contribution is -0.132. The molecular weight excluding hydrogens is 250 g/mol. The molecule has 2 aliphatic rings. The van der Waals surface area contributed by atoms with Crippen LogP contribution in [0.3, 0.4) is 0 Å². The Hall–Kier alpha value is -0.570. The van der Waals surface area contributed by atoms with E-state index >= 15 is 0 Å². The van der Waals surface area contributed by atoms with E-state index in [1.807, 2.05) is 13.8 Å². The van der Waals surface area contributed by atoms with Gasteiger partial charge in [-0.25, -0.2) is 0 Å². The molecule has 2 rings (SSSR count). The van der Waals surface area contributed by atoms with Crippen molar-refractivity contribution in [1.82, 2.24) is 5.32 Å². The summed E-state index contributed by atoms with van der Waals surface area (Å²) in [6, 6.07) is 0. The van der Waals surface area contributed by atoms with Crippen molar-refractivity contribution < 1.29 is 9.90 Å². The Bertz CT molecular complexity index is 356. The molecule has 0 heterocycles. The molecule has 0 aliphatic heterocycles. The molecule has 2 fully saturated rings. The van der Waals surface area contributed by atoms with Crippen LogP contribution in [0.25, 0.3) is 0 Å². The Morgan fingerprint density at radius 1 is 1.00 bits per heavy atom. The average Bonchev–Trinajstić information content (AvgIpc) is 2.36. The zero-order valence-corrected chi connectivity index (χ0v) is 13.5. The number of carbonyl (C=O) groups excluding carboxylic acids is 1. The molecule has 3 nitrogen and oxygen atoms in total.